The number of methoxy groups -OCH3 is 1. The van der Waals surface area contributed by atoms with Crippen LogP contribution in [0.3, 0.4) is 0 Å². The zero-order valence-electron chi connectivity index (χ0n) is 18.3. The fraction of sp³-hybridized carbons (Fsp3) is 0.125. The van der Waals surface area contributed by atoms with Crippen molar-refractivity contribution in [3.8, 4) is 5.75 Å². The molecule has 6 nitrogen and oxygen atoms in total. The Morgan fingerprint density at radius 1 is 0.730 bits per heavy atom. The fourth-order valence-corrected chi connectivity index (χ4v) is 6.33. The van der Waals surface area contributed by atoms with E-state index in [0.29, 0.717) is 26.5 Å². The molecule has 190 valence electrons. The molecule has 0 saturated carbocycles. The van der Waals surface area contributed by atoms with Gasteiger partial charge >= 0.3 is 0 Å². The molecule has 2 aliphatic heterocycles. The maximum Gasteiger partial charge on any atom is 0.264 e. The highest BCUT2D eigenvalue weighted by molar-refractivity contribution is 9.10. The minimum Gasteiger partial charge on any atom is -0.496 e. The second kappa shape index (κ2) is 9.79. The van der Waals surface area contributed by atoms with Crippen LogP contribution >= 0.6 is 85.5 Å². The highest BCUT2D eigenvalue weighted by atomic mass is 79.9. The summed E-state index contributed by atoms with van der Waals surface area (Å²) < 4.78 is 5.92. The number of carbonyl (C=O) groups excluding carboxylic acids is 3. The van der Waals surface area contributed by atoms with E-state index in [9.17, 15) is 14.4 Å². The predicted octanol–water partition coefficient (Wildman–Crippen LogP) is 8.13. The van der Waals surface area contributed by atoms with Crippen molar-refractivity contribution in [1.82, 2.24) is 4.90 Å². The molecule has 2 aliphatic rings. The molecule has 3 aromatic rings. The lowest BCUT2D eigenvalue weighted by atomic mass is 9.86. The molecule has 1 fully saturated rings. The molecule has 0 N–H and O–H groups in total. The van der Waals surface area contributed by atoms with E-state index in [0.717, 1.165) is 4.90 Å². The number of benzene rings is 3. The highest BCUT2D eigenvalue weighted by Gasteiger charge is 2.58. The van der Waals surface area contributed by atoms with Gasteiger partial charge < -0.3 is 9.64 Å². The first-order chi connectivity index (χ1) is 17.5. The van der Waals surface area contributed by atoms with Gasteiger partial charge in [0.15, 0.2) is 0 Å². The van der Waals surface area contributed by atoms with E-state index in [1.807, 2.05) is 0 Å². The largest absolute Gasteiger partial charge is 0.496 e. The topological polar surface area (TPSA) is 66.9 Å². The summed E-state index contributed by atoms with van der Waals surface area (Å²) in [7, 11) is 1.51. The molecular weight excluding hydrogens is 673 g/mol. The van der Waals surface area contributed by atoms with Crippen molar-refractivity contribution in [2.24, 2.45) is 0 Å². The van der Waals surface area contributed by atoms with E-state index in [4.69, 9.17) is 74.3 Å². The molecule has 37 heavy (non-hydrogen) atoms. The van der Waals surface area contributed by atoms with Crippen LogP contribution in [0.4, 0.5) is 5.69 Å². The van der Waals surface area contributed by atoms with Gasteiger partial charge in [0, 0.05) is 5.69 Å². The average Bonchev–Trinajstić information content (AvgIpc) is 3.12. The lowest BCUT2D eigenvalue weighted by Gasteiger charge is -2.49. The van der Waals surface area contributed by atoms with Gasteiger partial charge in [-0.15, -0.1) is 0 Å². The number of rotatable bonds is 4. The number of amides is 3. The predicted molar refractivity (Wildman–Crippen MR) is 148 cm³/mol. The first kappa shape index (κ1) is 26.9. The summed E-state index contributed by atoms with van der Waals surface area (Å²) in [6, 6.07) is 7.82. The van der Waals surface area contributed by atoms with Gasteiger partial charge in [-0.25, -0.2) is 0 Å². The van der Waals surface area contributed by atoms with Gasteiger partial charge in [-0.05, 0) is 51.8 Å². The molecule has 2 atom stereocenters. The molecule has 0 bridgehead atoms. The Bertz CT molecular complexity index is 1500. The van der Waals surface area contributed by atoms with Crippen LogP contribution in [-0.2, 0) is 4.79 Å². The van der Waals surface area contributed by atoms with Crippen molar-refractivity contribution in [3.05, 3.63) is 87.7 Å². The summed E-state index contributed by atoms with van der Waals surface area (Å²) in [6.45, 7) is 0. The second-order valence-corrected chi connectivity index (χ2v) is 11.3. The Morgan fingerprint density at radius 3 is 1.84 bits per heavy atom. The van der Waals surface area contributed by atoms with Crippen LogP contribution in [-0.4, -0.2) is 35.8 Å². The minimum absolute atomic E-state index is 0.164. The van der Waals surface area contributed by atoms with Crippen molar-refractivity contribution < 1.29 is 19.1 Å². The number of carbonyl (C=O) groups is 3. The zero-order chi connectivity index (χ0) is 26.9. The molecule has 13 heteroatoms. The van der Waals surface area contributed by atoms with E-state index in [2.05, 4.69) is 15.9 Å². The van der Waals surface area contributed by atoms with Crippen molar-refractivity contribution in [2.75, 3.05) is 12.0 Å². The number of fused-ring (bicyclic) bond motifs is 1. The zero-order valence-corrected chi connectivity index (χ0v) is 24.4. The van der Waals surface area contributed by atoms with Crippen LogP contribution in [0.5, 0.6) is 5.75 Å². The third-order valence-electron chi connectivity index (χ3n) is 6.18. The van der Waals surface area contributed by atoms with Crippen LogP contribution in [0.15, 0.2) is 40.9 Å². The quantitative estimate of drug-likeness (QED) is 0.121. The summed E-state index contributed by atoms with van der Waals surface area (Å²) in [5.74, 6) is -1.60. The number of β-lactam (4-membered cyclic amide) rings is 1. The molecule has 3 aromatic carbocycles. The van der Waals surface area contributed by atoms with E-state index < -0.39 is 29.8 Å². The number of hydrogen-bond acceptors (Lipinski definition) is 4. The molecule has 0 spiro atoms. The monoisotopic (exact) mass is 680 g/mol. The standard InChI is InChI=1S/C24H11BrCl6N2O4/c1-37-13-5-2-8(6-10(13)25)20-21(24(36)32(20)9-3-4-11(26)12(27)7-9)33-22(34)14-15(23(33)35)17(29)19(31)18(30)16(14)28/h2-7,20-21H,1H3/t20-,21+/m0/s1. The number of anilines is 1. The molecule has 5 rings (SSSR count). The maximum atomic E-state index is 13.6. The Labute approximate surface area is 249 Å². The Hall–Kier alpha value is -1.71. The van der Waals surface area contributed by atoms with Crippen LogP contribution in [0.2, 0.25) is 30.1 Å². The van der Waals surface area contributed by atoms with Crippen molar-refractivity contribution in [2.45, 2.75) is 12.1 Å². The molecular formula is C24H11BrCl6N2O4. The van der Waals surface area contributed by atoms with E-state index in [-0.39, 0.29) is 36.2 Å². The highest BCUT2D eigenvalue weighted by Crippen LogP contribution is 2.50. The molecule has 0 radical (unpaired) electrons. The number of imide groups is 1. The Balaban J connectivity index is 1.65. The Morgan fingerprint density at radius 2 is 1.32 bits per heavy atom. The van der Waals surface area contributed by atoms with Crippen LogP contribution in [0.25, 0.3) is 0 Å². The lowest BCUT2D eigenvalue weighted by Crippen LogP contribution is -2.67. The Kier molecular flexibility index (Phi) is 7.12. The SMILES string of the molecule is COc1ccc([C@H]2[C@@H](N3C(=O)c4c(Cl)c(Cl)c(Cl)c(Cl)c4C3=O)C(=O)N2c2ccc(Cl)c(Cl)c2)cc1Br. The normalized spacial score (nSPS) is 18.9. The van der Waals surface area contributed by atoms with Gasteiger partial charge in [-0.3, -0.25) is 19.3 Å². The molecule has 0 unspecified atom stereocenters. The molecule has 0 aliphatic carbocycles. The van der Waals surface area contributed by atoms with Crippen LogP contribution in [0.1, 0.15) is 32.3 Å². The van der Waals surface area contributed by atoms with Crippen LogP contribution < -0.4 is 9.64 Å². The summed E-state index contributed by atoms with van der Waals surface area (Å²) in [4.78, 5) is 43.0. The second-order valence-electron chi connectivity index (χ2n) is 8.08. The third kappa shape index (κ3) is 4.02. The first-order valence-electron chi connectivity index (χ1n) is 10.3. The van der Waals surface area contributed by atoms with Crippen molar-refractivity contribution in [3.63, 3.8) is 0 Å². The average molecular weight is 684 g/mol. The summed E-state index contributed by atoms with van der Waals surface area (Å²) in [5.41, 5.74) is 0.613. The number of ether oxygens (including phenoxy) is 1. The van der Waals surface area contributed by atoms with E-state index in [1.165, 1.54) is 18.1 Å². The van der Waals surface area contributed by atoms with Gasteiger partial charge in [0.2, 0.25) is 0 Å². The first-order valence-corrected chi connectivity index (χ1v) is 13.4. The van der Waals surface area contributed by atoms with E-state index in [1.54, 1.807) is 30.3 Å². The molecule has 3 amide bonds. The summed E-state index contributed by atoms with van der Waals surface area (Å²) >= 11 is 40.6. The van der Waals surface area contributed by atoms with Gasteiger partial charge in [0.25, 0.3) is 17.7 Å². The fourth-order valence-electron chi connectivity index (χ4n) is 4.47. The summed E-state index contributed by atoms with van der Waals surface area (Å²) in [5, 5.41) is -0.232. The van der Waals surface area contributed by atoms with Crippen LogP contribution in [0, 0.1) is 0 Å². The van der Waals surface area contributed by atoms with Gasteiger partial charge in [0.05, 0.1) is 58.9 Å². The lowest BCUT2D eigenvalue weighted by molar-refractivity contribution is -0.130. The summed E-state index contributed by atoms with van der Waals surface area (Å²) in [6.07, 6.45) is 0. The number of hydrogen-bond donors (Lipinski definition) is 0. The van der Waals surface area contributed by atoms with E-state index >= 15 is 0 Å². The van der Waals surface area contributed by atoms with Crippen molar-refractivity contribution >= 4 is 109 Å². The third-order valence-corrected chi connectivity index (χ3v) is 9.34. The molecule has 2 heterocycles. The number of halogens is 7. The van der Waals surface area contributed by atoms with Crippen molar-refractivity contribution in [1.29, 1.82) is 0 Å². The molecule has 0 aromatic heterocycles. The molecule has 1 saturated heterocycles. The minimum atomic E-state index is -1.23. The number of nitrogens with zero attached hydrogens (tertiary/aromatic N) is 2. The smallest absolute Gasteiger partial charge is 0.264 e. The van der Waals surface area contributed by atoms with Gasteiger partial charge in [-0.1, -0.05) is 75.7 Å². The maximum absolute atomic E-state index is 13.6. The van der Waals surface area contributed by atoms with Gasteiger partial charge in [-0.2, -0.15) is 0 Å². The van der Waals surface area contributed by atoms with Gasteiger partial charge in [0.1, 0.15) is 11.8 Å².